The summed E-state index contributed by atoms with van der Waals surface area (Å²) < 4.78 is 5.82. The Morgan fingerprint density at radius 2 is 1.40 bits per heavy atom. The first-order chi connectivity index (χ1) is 12.2. The van der Waals surface area contributed by atoms with Crippen molar-refractivity contribution < 1.29 is 14.6 Å². The molecule has 2 saturated heterocycles. The summed E-state index contributed by atoms with van der Waals surface area (Å²) in [6.45, 7) is 0. The van der Waals surface area contributed by atoms with Crippen LogP contribution in [0.5, 0.6) is 0 Å². The van der Waals surface area contributed by atoms with Gasteiger partial charge in [-0.15, -0.1) is 0 Å². The third-order valence-electron chi connectivity index (χ3n) is 5.38. The quantitative estimate of drug-likeness (QED) is 0.843. The van der Waals surface area contributed by atoms with Crippen LogP contribution in [0.15, 0.2) is 60.7 Å². The van der Waals surface area contributed by atoms with Crippen LogP contribution in [0.25, 0.3) is 0 Å². The van der Waals surface area contributed by atoms with Gasteiger partial charge in [0.1, 0.15) is 6.10 Å². The maximum absolute atomic E-state index is 13.1. The molecule has 130 valence electrons. The van der Waals surface area contributed by atoms with E-state index < -0.39 is 11.6 Å². The van der Waals surface area contributed by atoms with Gasteiger partial charge in [0, 0.05) is 12.1 Å². The van der Waals surface area contributed by atoms with Crippen LogP contribution in [-0.4, -0.2) is 29.3 Å². The molecule has 4 rings (SSSR count). The molecule has 3 atom stereocenters. The molecule has 0 aliphatic carbocycles. The lowest BCUT2D eigenvalue weighted by Gasteiger charge is -2.33. The molecule has 2 bridgehead atoms. The van der Waals surface area contributed by atoms with Gasteiger partial charge in [-0.1, -0.05) is 60.7 Å². The zero-order valence-electron chi connectivity index (χ0n) is 14.1. The van der Waals surface area contributed by atoms with Gasteiger partial charge in [-0.3, -0.25) is 0 Å². The van der Waals surface area contributed by atoms with Gasteiger partial charge in [-0.2, -0.15) is 0 Å². The number of benzene rings is 2. The summed E-state index contributed by atoms with van der Waals surface area (Å²) in [5, 5.41) is 15.0. The number of ether oxygens (including phenoxy) is 1. The average molecular weight is 337 g/mol. The van der Waals surface area contributed by atoms with E-state index in [2.05, 4.69) is 5.32 Å². The van der Waals surface area contributed by atoms with Gasteiger partial charge in [0.05, 0.1) is 0 Å². The Bertz CT molecular complexity index is 680. The molecule has 1 unspecified atom stereocenters. The summed E-state index contributed by atoms with van der Waals surface area (Å²) in [6.07, 6.45) is 3.79. The van der Waals surface area contributed by atoms with Gasteiger partial charge < -0.3 is 15.2 Å². The Kier molecular flexibility index (Phi) is 4.32. The Hall–Kier alpha value is -2.17. The van der Waals surface area contributed by atoms with E-state index in [4.69, 9.17) is 4.74 Å². The van der Waals surface area contributed by atoms with Crippen molar-refractivity contribution in [2.45, 2.75) is 49.5 Å². The van der Waals surface area contributed by atoms with Crippen molar-refractivity contribution in [3.63, 3.8) is 0 Å². The van der Waals surface area contributed by atoms with Crippen molar-refractivity contribution in [3.05, 3.63) is 71.8 Å². The van der Waals surface area contributed by atoms with Crippen LogP contribution in [-0.2, 0) is 15.1 Å². The molecule has 25 heavy (non-hydrogen) atoms. The lowest BCUT2D eigenvalue weighted by Crippen LogP contribution is -2.46. The minimum Gasteiger partial charge on any atom is -0.460 e. The maximum Gasteiger partial charge on any atom is 0.347 e. The first-order valence-electron chi connectivity index (χ1n) is 8.97. The van der Waals surface area contributed by atoms with Gasteiger partial charge in [-0.25, -0.2) is 4.79 Å². The molecule has 0 radical (unpaired) electrons. The fourth-order valence-electron chi connectivity index (χ4n) is 4.10. The highest BCUT2D eigenvalue weighted by molar-refractivity contribution is 5.85. The number of fused-ring (bicyclic) bond motifs is 2. The van der Waals surface area contributed by atoms with Crippen LogP contribution in [0.4, 0.5) is 0 Å². The second kappa shape index (κ2) is 6.62. The molecule has 0 spiro atoms. The van der Waals surface area contributed by atoms with Gasteiger partial charge in [0.15, 0.2) is 0 Å². The second-order valence-electron chi connectivity index (χ2n) is 7.08. The summed E-state index contributed by atoms with van der Waals surface area (Å²) in [5.74, 6) is -0.587. The molecule has 4 heteroatoms. The first-order valence-corrected chi connectivity index (χ1v) is 8.97. The largest absolute Gasteiger partial charge is 0.460 e. The van der Waals surface area contributed by atoms with E-state index in [1.54, 1.807) is 24.3 Å². The third-order valence-corrected chi connectivity index (χ3v) is 5.38. The average Bonchev–Trinajstić information content (AvgIpc) is 3.00. The molecule has 2 aromatic rings. The molecular weight excluding hydrogens is 314 g/mol. The minimum atomic E-state index is -1.79. The number of hydrogen-bond acceptors (Lipinski definition) is 4. The number of aliphatic hydroxyl groups is 1. The molecule has 2 fully saturated rings. The monoisotopic (exact) mass is 337 g/mol. The number of esters is 1. The number of carbonyl (C=O) groups excluding carboxylic acids is 1. The molecule has 0 saturated carbocycles. The summed E-state index contributed by atoms with van der Waals surface area (Å²) in [6, 6.07) is 18.9. The summed E-state index contributed by atoms with van der Waals surface area (Å²) in [5.41, 5.74) is -0.724. The summed E-state index contributed by atoms with van der Waals surface area (Å²) in [7, 11) is 0. The Balaban J connectivity index is 1.63. The maximum atomic E-state index is 13.1. The molecule has 4 nitrogen and oxygen atoms in total. The fraction of sp³-hybridized carbons (Fsp3) is 0.381. The van der Waals surface area contributed by atoms with Crippen LogP contribution in [0, 0.1) is 0 Å². The molecule has 2 aliphatic heterocycles. The van der Waals surface area contributed by atoms with Crippen molar-refractivity contribution in [1.82, 2.24) is 5.32 Å². The van der Waals surface area contributed by atoms with Crippen LogP contribution < -0.4 is 5.32 Å². The standard InChI is InChI=1S/C21H23NO3/c23-20(25-19-13-17-11-12-18(14-19)22-17)21(24,15-7-3-1-4-8-15)16-9-5-2-6-10-16/h1-10,17-19,22,24H,11-14H2/t17-,18+,19?. The Morgan fingerprint density at radius 3 is 1.88 bits per heavy atom. The van der Waals surface area contributed by atoms with E-state index in [-0.39, 0.29) is 6.10 Å². The second-order valence-corrected chi connectivity index (χ2v) is 7.08. The van der Waals surface area contributed by atoms with E-state index >= 15 is 0 Å². The first kappa shape index (κ1) is 16.3. The summed E-state index contributed by atoms with van der Waals surface area (Å²) in [4.78, 5) is 13.1. The van der Waals surface area contributed by atoms with Crippen molar-refractivity contribution >= 4 is 5.97 Å². The Labute approximate surface area is 147 Å². The molecule has 0 amide bonds. The Morgan fingerprint density at radius 1 is 0.920 bits per heavy atom. The highest BCUT2D eigenvalue weighted by Crippen LogP contribution is 2.34. The van der Waals surface area contributed by atoms with Gasteiger partial charge >= 0.3 is 5.97 Å². The molecular formula is C21H23NO3. The molecule has 2 N–H and O–H groups in total. The van der Waals surface area contributed by atoms with Crippen molar-refractivity contribution in [1.29, 1.82) is 0 Å². The van der Waals surface area contributed by atoms with Crippen molar-refractivity contribution in [2.75, 3.05) is 0 Å². The SMILES string of the molecule is O=C(OC1C[C@H]2CC[C@@H](C1)N2)C(O)(c1ccccc1)c1ccccc1. The lowest BCUT2D eigenvalue weighted by atomic mass is 9.86. The zero-order valence-corrected chi connectivity index (χ0v) is 14.1. The molecule has 2 heterocycles. The van der Waals surface area contributed by atoms with Crippen LogP contribution in [0.1, 0.15) is 36.8 Å². The lowest BCUT2D eigenvalue weighted by molar-refractivity contribution is -0.169. The topological polar surface area (TPSA) is 58.6 Å². The number of carbonyl (C=O) groups is 1. The molecule has 2 aliphatic rings. The van der Waals surface area contributed by atoms with Crippen molar-refractivity contribution in [3.8, 4) is 0 Å². The highest BCUT2D eigenvalue weighted by atomic mass is 16.6. The zero-order chi connectivity index (χ0) is 17.3. The van der Waals surface area contributed by atoms with E-state index in [1.165, 1.54) is 0 Å². The van der Waals surface area contributed by atoms with E-state index in [0.717, 1.165) is 25.7 Å². The van der Waals surface area contributed by atoms with Gasteiger partial charge in [0.25, 0.3) is 0 Å². The fourth-order valence-corrected chi connectivity index (χ4v) is 4.10. The van der Waals surface area contributed by atoms with Crippen LogP contribution in [0.2, 0.25) is 0 Å². The number of piperidine rings is 1. The third kappa shape index (κ3) is 3.08. The highest BCUT2D eigenvalue weighted by Gasteiger charge is 2.44. The molecule has 0 aromatic heterocycles. The van der Waals surface area contributed by atoms with Gasteiger partial charge in [-0.05, 0) is 36.8 Å². The minimum absolute atomic E-state index is 0.134. The predicted octanol–water partition coefficient (Wildman–Crippen LogP) is 2.75. The van der Waals surface area contributed by atoms with Crippen LogP contribution in [0.3, 0.4) is 0 Å². The normalized spacial score (nSPS) is 25.6. The summed E-state index contributed by atoms with van der Waals surface area (Å²) >= 11 is 0. The molecule has 2 aromatic carbocycles. The number of nitrogens with one attached hydrogen (secondary N) is 1. The van der Waals surface area contributed by atoms with E-state index in [1.807, 2.05) is 36.4 Å². The van der Waals surface area contributed by atoms with E-state index in [0.29, 0.717) is 23.2 Å². The van der Waals surface area contributed by atoms with Crippen molar-refractivity contribution in [2.24, 2.45) is 0 Å². The number of hydrogen-bond donors (Lipinski definition) is 2. The predicted molar refractivity (Wildman–Crippen MR) is 94.9 cm³/mol. The smallest absolute Gasteiger partial charge is 0.347 e. The van der Waals surface area contributed by atoms with Gasteiger partial charge in [0.2, 0.25) is 5.60 Å². The van der Waals surface area contributed by atoms with E-state index in [9.17, 15) is 9.90 Å². The number of rotatable bonds is 4. The van der Waals surface area contributed by atoms with Crippen LogP contribution >= 0.6 is 0 Å².